The van der Waals surface area contributed by atoms with E-state index in [2.05, 4.69) is 14.4 Å². The van der Waals surface area contributed by atoms with Gasteiger partial charge in [0.15, 0.2) is 0 Å². The van der Waals surface area contributed by atoms with Crippen molar-refractivity contribution in [2.45, 2.75) is 12.4 Å². The summed E-state index contributed by atoms with van der Waals surface area (Å²) in [5.74, 6) is -3.07. The second-order valence-corrected chi connectivity index (χ2v) is 5.06. The summed E-state index contributed by atoms with van der Waals surface area (Å²) in [5.41, 5.74) is 0. The molecular formula is C4H13NO9P2. The largest absolute Gasteiger partial charge is 0.473 e. The Bertz CT molecular complexity index is 283. The molecule has 0 fully saturated rings. The van der Waals surface area contributed by atoms with Crippen LogP contribution in [-0.4, -0.2) is 44.2 Å². The first kappa shape index (κ1) is 16.1. The van der Waals surface area contributed by atoms with Crippen LogP contribution in [0.4, 0.5) is 0 Å². The van der Waals surface area contributed by atoms with Crippen molar-refractivity contribution < 1.29 is 42.9 Å². The molecule has 0 aromatic rings. The van der Waals surface area contributed by atoms with E-state index >= 15 is 0 Å². The molecule has 0 atom stereocenters. The second-order valence-electron chi connectivity index (χ2n) is 2.73. The standard InChI is InChI=1S/C4H13NO9P2/c1-5-3-2-4(6,13-15(7,8)9)14-16(10,11)12/h5-6H,2-3H2,1H3,(H2,7,8,9)(H2,10,11,12). The van der Waals surface area contributed by atoms with Crippen molar-refractivity contribution in [2.24, 2.45) is 0 Å². The van der Waals surface area contributed by atoms with Gasteiger partial charge in [0, 0.05) is 13.0 Å². The van der Waals surface area contributed by atoms with E-state index in [0.29, 0.717) is 0 Å². The van der Waals surface area contributed by atoms with Gasteiger partial charge in [-0.3, -0.25) is 0 Å². The van der Waals surface area contributed by atoms with E-state index in [4.69, 9.17) is 19.6 Å². The summed E-state index contributed by atoms with van der Waals surface area (Å²) in [6, 6.07) is 0. The van der Waals surface area contributed by atoms with Gasteiger partial charge in [-0.05, 0) is 7.05 Å². The van der Waals surface area contributed by atoms with Gasteiger partial charge < -0.3 is 30.0 Å². The Morgan fingerprint density at radius 3 is 1.75 bits per heavy atom. The van der Waals surface area contributed by atoms with E-state index in [0.717, 1.165) is 0 Å². The molecule has 0 saturated heterocycles. The van der Waals surface area contributed by atoms with Gasteiger partial charge in [-0.15, -0.1) is 0 Å². The van der Waals surface area contributed by atoms with Gasteiger partial charge in [0.25, 0.3) is 5.97 Å². The van der Waals surface area contributed by atoms with Gasteiger partial charge in [-0.1, -0.05) is 0 Å². The summed E-state index contributed by atoms with van der Waals surface area (Å²) in [6.07, 6.45) is -0.598. The first-order valence-corrected chi connectivity index (χ1v) is 6.93. The Morgan fingerprint density at radius 1 is 1.12 bits per heavy atom. The number of nitrogens with one attached hydrogen (secondary N) is 1. The van der Waals surface area contributed by atoms with Crippen molar-refractivity contribution in [3.05, 3.63) is 0 Å². The molecule has 0 aliphatic carbocycles. The molecule has 10 nitrogen and oxygen atoms in total. The Kier molecular flexibility index (Phi) is 5.70. The van der Waals surface area contributed by atoms with Gasteiger partial charge in [0.1, 0.15) is 0 Å². The minimum Gasteiger partial charge on any atom is -0.343 e. The molecule has 98 valence electrons. The number of aliphatic hydroxyl groups is 1. The zero-order valence-corrected chi connectivity index (χ0v) is 9.97. The third-order valence-corrected chi connectivity index (χ3v) is 2.26. The molecule has 0 aliphatic rings. The number of phosphoric ester groups is 2. The summed E-state index contributed by atoms with van der Waals surface area (Å²) < 4.78 is 28.5. The Hall–Kier alpha value is 0.140. The number of rotatable bonds is 7. The topological polar surface area (TPSA) is 166 Å². The molecule has 0 aromatic heterocycles. The fourth-order valence-electron chi connectivity index (χ4n) is 0.763. The first-order valence-electron chi connectivity index (χ1n) is 3.87. The van der Waals surface area contributed by atoms with Crippen LogP contribution in [0.25, 0.3) is 0 Å². The Labute approximate surface area is 90.7 Å². The highest BCUT2D eigenvalue weighted by Gasteiger charge is 2.42. The lowest BCUT2D eigenvalue weighted by Crippen LogP contribution is -2.36. The van der Waals surface area contributed by atoms with Crippen molar-refractivity contribution >= 4 is 15.6 Å². The van der Waals surface area contributed by atoms with Crippen LogP contribution in [0.15, 0.2) is 0 Å². The Morgan fingerprint density at radius 2 is 1.50 bits per heavy atom. The molecular weight excluding hydrogens is 268 g/mol. The van der Waals surface area contributed by atoms with Crippen LogP contribution in [0.1, 0.15) is 6.42 Å². The smallest absolute Gasteiger partial charge is 0.343 e. The molecule has 6 N–H and O–H groups in total. The van der Waals surface area contributed by atoms with E-state index in [1.165, 1.54) is 7.05 Å². The highest BCUT2D eigenvalue weighted by Crippen LogP contribution is 2.48. The summed E-state index contributed by atoms with van der Waals surface area (Å²) in [5, 5.41) is 11.8. The van der Waals surface area contributed by atoms with Crippen molar-refractivity contribution in [3.8, 4) is 0 Å². The molecule has 0 radical (unpaired) electrons. The normalized spacial score (nSPS) is 14.1. The SMILES string of the molecule is CNCCC(O)(OP(=O)(O)O)OP(=O)(O)O. The molecule has 0 heterocycles. The maximum absolute atomic E-state index is 10.5. The lowest BCUT2D eigenvalue weighted by molar-refractivity contribution is -0.288. The van der Waals surface area contributed by atoms with Crippen LogP contribution in [0.2, 0.25) is 0 Å². The average molecular weight is 281 g/mol. The third-order valence-electron chi connectivity index (χ3n) is 1.21. The first-order chi connectivity index (χ1) is 6.97. The summed E-state index contributed by atoms with van der Waals surface area (Å²) in [7, 11) is -8.88. The average Bonchev–Trinajstić information content (AvgIpc) is 1.93. The number of hydrogen-bond donors (Lipinski definition) is 6. The fourth-order valence-corrected chi connectivity index (χ4v) is 1.82. The molecule has 0 aliphatic heterocycles. The predicted molar refractivity (Wildman–Crippen MR) is 49.8 cm³/mol. The molecule has 0 amide bonds. The van der Waals surface area contributed by atoms with Crippen LogP contribution >= 0.6 is 15.6 Å². The van der Waals surface area contributed by atoms with Crippen molar-refractivity contribution in [2.75, 3.05) is 13.6 Å². The van der Waals surface area contributed by atoms with Gasteiger partial charge in [0.2, 0.25) is 0 Å². The minimum atomic E-state index is -5.16. The van der Waals surface area contributed by atoms with Gasteiger partial charge >= 0.3 is 15.6 Å². The van der Waals surface area contributed by atoms with E-state index < -0.39 is 28.0 Å². The summed E-state index contributed by atoms with van der Waals surface area (Å²) >= 11 is 0. The van der Waals surface area contributed by atoms with Gasteiger partial charge in [-0.2, -0.15) is 0 Å². The van der Waals surface area contributed by atoms with Crippen molar-refractivity contribution in [1.29, 1.82) is 0 Å². The molecule has 16 heavy (non-hydrogen) atoms. The highest BCUT2D eigenvalue weighted by atomic mass is 31.2. The van der Waals surface area contributed by atoms with Crippen molar-refractivity contribution in [1.82, 2.24) is 5.32 Å². The minimum absolute atomic E-state index is 0.0590. The predicted octanol–water partition coefficient (Wildman–Crippen LogP) is -1.54. The van der Waals surface area contributed by atoms with E-state index in [1.54, 1.807) is 0 Å². The number of hydrogen-bond acceptors (Lipinski definition) is 6. The van der Waals surface area contributed by atoms with Crippen LogP contribution in [-0.2, 0) is 18.2 Å². The van der Waals surface area contributed by atoms with Gasteiger partial charge in [0.05, 0.1) is 0 Å². The highest BCUT2D eigenvalue weighted by molar-refractivity contribution is 7.47. The number of phosphoric acid groups is 2. The lowest BCUT2D eigenvalue weighted by atomic mass is 10.4. The quantitative estimate of drug-likeness (QED) is 0.238. The molecule has 0 spiro atoms. The third kappa shape index (κ3) is 8.31. The van der Waals surface area contributed by atoms with Gasteiger partial charge in [-0.25, -0.2) is 18.2 Å². The summed E-state index contributed by atoms with van der Waals surface area (Å²) in [6.45, 7) is -0.0590. The van der Waals surface area contributed by atoms with E-state index in [1.807, 2.05) is 0 Å². The van der Waals surface area contributed by atoms with Crippen LogP contribution < -0.4 is 5.32 Å². The molecule has 0 rings (SSSR count). The van der Waals surface area contributed by atoms with E-state index in [-0.39, 0.29) is 6.54 Å². The maximum Gasteiger partial charge on any atom is 0.473 e. The zero-order valence-electron chi connectivity index (χ0n) is 8.18. The lowest BCUT2D eigenvalue weighted by Gasteiger charge is -2.27. The maximum atomic E-state index is 10.5. The second kappa shape index (κ2) is 5.65. The zero-order chi connectivity index (χ0) is 13.0. The van der Waals surface area contributed by atoms with Crippen LogP contribution in [0.3, 0.4) is 0 Å². The molecule has 12 heteroatoms. The van der Waals surface area contributed by atoms with Crippen molar-refractivity contribution in [3.63, 3.8) is 0 Å². The molecule has 0 bridgehead atoms. The molecule has 0 aromatic carbocycles. The van der Waals surface area contributed by atoms with Crippen LogP contribution in [0, 0.1) is 0 Å². The fraction of sp³-hybridized carbons (Fsp3) is 1.00. The van der Waals surface area contributed by atoms with E-state index in [9.17, 15) is 14.2 Å². The molecule has 0 saturated carbocycles. The van der Waals surface area contributed by atoms with Crippen LogP contribution in [0.5, 0.6) is 0 Å². The molecule has 0 unspecified atom stereocenters. The summed E-state index contributed by atoms with van der Waals surface area (Å²) in [4.78, 5) is 33.7. The monoisotopic (exact) mass is 281 g/mol. The Balaban J connectivity index is 4.74.